The van der Waals surface area contributed by atoms with Gasteiger partial charge in [-0.3, -0.25) is 0 Å². The van der Waals surface area contributed by atoms with Gasteiger partial charge in [0.05, 0.1) is 7.11 Å². The summed E-state index contributed by atoms with van der Waals surface area (Å²) in [6.07, 6.45) is 0.979. The Balaban J connectivity index is 2.68. The molecule has 1 fully saturated rings. The molecule has 0 aliphatic carbocycles. The van der Waals surface area contributed by atoms with Gasteiger partial charge in [-0.1, -0.05) is 0 Å². The number of rotatable bonds is 3. The Morgan fingerprint density at radius 1 is 1.56 bits per heavy atom. The predicted molar refractivity (Wildman–Crippen MR) is 54.8 cm³/mol. The smallest absolute Gasteiger partial charge is 0.421 e. The van der Waals surface area contributed by atoms with Crippen molar-refractivity contribution >= 4 is 22.6 Å². The second-order valence-corrected chi connectivity index (χ2v) is 5.17. The van der Waals surface area contributed by atoms with Crippen molar-refractivity contribution in [3.05, 3.63) is 0 Å². The van der Waals surface area contributed by atoms with Crippen LogP contribution >= 0.6 is 0 Å². The molecule has 1 rings (SSSR count). The molecule has 7 nitrogen and oxygen atoms in total. The number of carbonyl (C=O) groups is 2. The van der Waals surface area contributed by atoms with Crippen molar-refractivity contribution < 1.29 is 22.7 Å². The molecular formula is C8H14N2O5S. The van der Waals surface area contributed by atoms with E-state index in [0.29, 0.717) is 19.4 Å². The number of hydrogen-bond acceptors (Lipinski definition) is 5. The summed E-state index contributed by atoms with van der Waals surface area (Å²) in [7, 11) is -2.81. The number of piperidine rings is 1. The molecule has 1 heterocycles. The van der Waals surface area contributed by atoms with Crippen molar-refractivity contribution in [3.8, 4) is 0 Å². The van der Waals surface area contributed by atoms with Gasteiger partial charge in [0.2, 0.25) is 0 Å². The SMILES string of the molecule is COC(=O)NS(=O)(=O)N1CCCC(C=O)C1. The van der Waals surface area contributed by atoms with Gasteiger partial charge in [0.15, 0.2) is 0 Å². The maximum atomic E-state index is 11.6. The Bertz CT molecular complexity index is 367. The van der Waals surface area contributed by atoms with Crippen molar-refractivity contribution in [1.29, 1.82) is 0 Å². The molecule has 1 aliphatic heterocycles. The minimum absolute atomic E-state index is 0.107. The van der Waals surface area contributed by atoms with E-state index in [1.165, 1.54) is 0 Å². The summed E-state index contributed by atoms with van der Waals surface area (Å²) < 4.78 is 30.3. The molecule has 16 heavy (non-hydrogen) atoms. The molecule has 1 saturated heterocycles. The lowest BCUT2D eigenvalue weighted by molar-refractivity contribution is -0.112. The van der Waals surface area contributed by atoms with Crippen LogP contribution in [0.1, 0.15) is 12.8 Å². The standard InChI is InChI=1S/C8H14N2O5S/c1-15-8(12)9-16(13,14)10-4-2-3-7(5-10)6-11/h6-7H,2-5H2,1H3,(H,9,12). The van der Waals surface area contributed by atoms with Crippen molar-refractivity contribution in [3.63, 3.8) is 0 Å². The molecule has 1 N–H and O–H groups in total. The monoisotopic (exact) mass is 250 g/mol. The predicted octanol–water partition coefficient (Wildman–Crippen LogP) is -0.502. The fourth-order valence-corrected chi connectivity index (χ4v) is 2.70. The average molecular weight is 250 g/mol. The van der Waals surface area contributed by atoms with Gasteiger partial charge in [-0.2, -0.15) is 12.7 Å². The molecule has 0 aromatic heterocycles. The van der Waals surface area contributed by atoms with Crippen LogP contribution in [-0.2, 0) is 19.7 Å². The first-order valence-electron chi connectivity index (χ1n) is 4.80. The highest BCUT2D eigenvalue weighted by atomic mass is 32.2. The molecule has 0 aromatic rings. The van der Waals surface area contributed by atoms with Crippen LogP contribution in [0.2, 0.25) is 0 Å². The maximum absolute atomic E-state index is 11.6. The normalized spacial score (nSPS) is 22.4. The summed E-state index contributed by atoms with van der Waals surface area (Å²) in [5.41, 5.74) is 0. The molecule has 0 saturated carbocycles. The second kappa shape index (κ2) is 5.26. The molecule has 1 unspecified atom stereocenters. The zero-order valence-electron chi connectivity index (χ0n) is 8.88. The lowest BCUT2D eigenvalue weighted by Gasteiger charge is -2.28. The van der Waals surface area contributed by atoms with E-state index in [0.717, 1.165) is 17.7 Å². The van der Waals surface area contributed by atoms with Gasteiger partial charge in [0.1, 0.15) is 6.29 Å². The van der Waals surface area contributed by atoms with Crippen LogP contribution in [0.25, 0.3) is 0 Å². The first-order chi connectivity index (χ1) is 7.49. The Kier molecular flexibility index (Phi) is 4.25. The Labute approximate surface area is 93.9 Å². The number of ether oxygens (including phenoxy) is 1. The summed E-state index contributed by atoms with van der Waals surface area (Å²) in [6, 6.07) is 0. The minimum atomic E-state index is -3.89. The largest absolute Gasteiger partial charge is 0.452 e. The van der Waals surface area contributed by atoms with E-state index in [2.05, 4.69) is 4.74 Å². The molecular weight excluding hydrogens is 236 g/mol. The zero-order valence-corrected chi connectivity index (χ0v) is 9.70. The number of carbonyl (C=O) groups excluding carboxylic acids is 2. The summed E-state index contributed by atoms with van der Waals surface area (Å²) in [4.78, 5) is 21.4. The van der Waals surface area contributed by atoms with Crippen LogP contribution in [0, 0.1) is 5.92 Å². The third kappa shape index (κ3) is 3.17. The lowest BCUT2D eigenvalue weighted by Crippen LogP contribution is -2.48. The highest BCUT2D eigenvalue weighted by Crippen LogP contribution is 2.16. The Morgan fingerprint density at radius 3 is 2.81 bits per heavy atom. The summed E-state index contributed by atoms with van der Waals surface area (Å²) in [6.45, 7) is 0.409. The highest BCUT2D eigenvalue weighted by molar-refractivity contribution is 7.87. The van der Waals surface area contributed by atoms with E-state index in [1.807, 2.05) is 0 Å². The van der Waals surface area contributed by atoms with E-state index >= 15 is 0 Å². The molecule has 8 heteroatoms. The number of nitrogens with one attached hydrogen (secondary N) is 1. The van der Waals surface area contributed by atoms with Crippen LogP contribution in [0.15, 0.2) is 0 Å². The topological polar surface area (TPSA) is 92.8 Å². The minimum Gasteiger partial charge on any atom is -0.452 e. The first-order valence-corrected chi connectivity index (χ1v) is 6.24. The molecule has 1 aliphatic rings. The van der Waals surface area contributed by atoms with Crippen LogP contribution in [0.3, 0.4) is 0 Å². The number of hydrogen-bond donors (Lipinski definition) is 1. The fourth-order valence-electron chi connectivity index (χ4n) is 1.51. The summed E-state index contributed by atoms with van der Waals surface area (Å²) in [5, 5.41) is 0. The summed E-state index contributed by atoms with van der Waals surface area (Å²) in [5.74, 6) is -0.303. The number of methoxy groups -OCH3 is 1. The van der Waals surface area contributed by atoms with Crippen LogP contribution in [0.5, 0.6) is 0 Å². The van der Waals surface area contributed by atoms with Gasteiger partial charge < -0.3 is 9.53 Å². The van der Waals surface area contributed by atoms with Gasteiger partial charge >= 0.3 is 16.3 Å². The van der Waals surface area contributed by atoms with Crippen molar-refractivity contribution in [2.45, 2.75) is 12.8 Å². The maximum Gasteiger partial charge on any atom is 0.421 e. The molecule has 0 bridgehead atoms. The van der Waals surface area contributed by atoms with Crippen molar-refractivity contribution in [2.24, 2.45) is 5.92 Å². The van der Waals surface area contributed by atoms with Crippen LogP contribution in [0.4, 0.5) is 4.79 Å². The van der Waals surface area contributed by atoms with Gasteiger partial charge in [0.25, 0.3) is 0 Å². The Morgan fingerprint density at radius 2 is 2.25 bits per heavy atom. The van der Waals surface area contributed by atoms with E-state index in [1.54, 1.807) is 4.72 Å². The highest BCUT2D eigenvalue weighted by Gasteiger charge is 2.30. The molecule has 1 atom stereocenters. The third-order valence-electron chi connectivity index (χ3n) is 2.35. The Hall–Kier alpha value is -1.15. The average Bonchev–Trinajstić information content (AvgIpc) is 2.28. The number of nitrogens with zero attached hydrogens (tertiary/aromatic N) is 1. The second-order valence-electron chi connectivity index (χ2n) is 3.50. The first kappa shape index (κ1) is 12.9. The van der Waals surface area contributed by atoms with E-state index < -0.39 is 16.3 Å². The van der Waals surface area contributed by atoms with Crippen molar-refractivity contribution in [2.75, 3.05) is 20.2 Å². The molecule has 92 valence electrons. The van der Waals surface area contributed by atoms with Crippen molar-refractivity contribution in [1.82, 2.24) is 9.03 Å². The summed E-state index contributed by atoms with van der Waals surface area (Å²) >= 11 is 0. The number of aldehydes is 1. The van der Waals surface area contributed by atoms with E-state index in [4.69, 9.17) is 0 Å². The molecule has 1 amide bonds. The fraction of sp³-hybridized carbons (Fsp3) is 0.750. The van der Waals surface area contributed by atoms with Crippen LogP contribution < -0.4 is 4.72 Å². The van der Waals surface area contributed by atoms with Gasteiger partial charge in [-0.05, 0) is 12.8 Å². The quantitative estimate of drug-likeness (QED) is 0.681. The van der Waals surface area contributed by atoms with Crippen LogP contribution in [-0.4, -0.2) is 45.3 Å². The van der Waals surface area contributed by atoms with Gasteiger partial charge in [-0.25, -0.2) is 9.52 Å². The number of amides is 1. The molecule has 0 aromatic carbocycles. The lowest BCUT2D eigenvalue weighted by atomic mass is 10.0. The molecule has 0 spiro atoms. The molecule has 0 radical (unpaired) electrons. The van der Waals surface area contributed by atoms with E-state index in [-0.39, 0.29) is 12.5 Å². The van der Waals surface area contributed by atoms with Gasteiger partial charge in [-0.15, -0.1) is 0 Å². The zero-order chi connectivity index (χ0) is 12.2. The van der Waals surface area contributed by atoms with Gasteiger partial charge in [0, 0.05) is 19.0 Å². The third-order valence-corrected chi connectivity index (χ3v) is 3.79. The van der Waals surface area contributed by atoms with E-state index in [9.17, 15) is 18.0 Å².